The molecule has 0 saturated carbocycles. The molecule has 0 aliphatic carbocycles. The number of nitrogens with zero attached hydrogens (tertiary/aromatic N) is 4. The first-order valence-corrected chi connectivity index (χ1v) is 9.31. The van der Waals surface area contributed by atoms with Crippen LogP contribution in [0.1, 0.15) is 6.42 Å². The first kappa shape index (κ1) is 20.4. The van der Waals surface area contributed by atoms with Gasteiger partial charge in [0, 0.05) is 17.1 Å². The predicted octanol–water partition coefficient (Wildman–Crippen LogP) is 4.96. The molecular weight excluding hydrogens is 395 g/mol. The number of ether oxygens (including phenoxy) is 1. The van der Waals surface area contributed by atoms with Crippen molar-refractivity contribution in [1.29, 1.82) is 0 Å². The van der Waals surface area contributed by atoms with E-state index in [-0.39, 0.29) is 12.4 Å². The van der Waals surface area contributed by atoms with Gasteiger partial charge in [-0.2, -0.15) is 10.1 Å². The third-order valence-electron chi connectivity index (χ3n) is 4.46. The summed E-state index contributed by atoms with van der Waals surface area (Å²) in [6.45, 7) is 1.60. The molecule has 0 atom stereocenters. The van der Waals surface area contributed by atoms with Crippen molar-refractivity contribution in [3.63, 3.8) is 0 Å². The lowest BCUT2D eigenvalue weighted by molar-refractivity contribution is 0.276. The average molecular weight is 417 g/mol. The van der Waals surface area contributed by atoms with E-state index in [1.165, 1.54) is 0 Å². The summed E-state index contributed by atoms with van der Waals surface area (Å²) in [6, 6.07) is 15.8. The first-order chi connectivity index (χ1) is 13.1. The molecule has 0 bridgehead atoms. The predicted molar refractivity (Wildman–Crippen MR) is 117 cm³/mol. The molecule has 2 aromatic heterocycles. The summed E-state index contributed by atoms with van der Waals surface area (Å²) in [5, 5.41) is 6.23. The topological polar surface area (TPSA) is 42.7 Å². The summed E-state index contributed by atoms with van der Waals surface area (Å²) in [7, 11) is 4.12. The highest BCUT2D eigenvalue weighted by molar-refractivity contribution is 6.30. The van der Waals surface area contributed by atoms with Gasteiger partial charge in [-0.05, 0) is 50.3 Å². The van der Waals surface area contributed by atoms with Crippen LogP contribution >= 0.6 is 24.0 Å². The lowest BCUT2D eigenvalue weighted by Crippen LogP contribution is -2.15. The molecule has 0 N–H and O–H groups in total. The second-order valence-corrected chi connectivity index (χ2v) is 7.18. The van der Waals surface area contributed by atoms with Gasteiger partial charge in [-0.1, -0.05) is 35.9 Å². The van der Waals surface area contributed by atoms with Gasteiger partial charge in [-0.25, -0.2) is 4.52 Å². The third-order valence-corrected chi connectivity index (χ3v) is 4.71. The molecule has 0 saturated heterocycles. The monoisotopic (exact) mass is 416 g/mol. The molecule has 0 spiro atoms. The van der Waals surface area contributed by atoms with Crippen molar-refractivity contribution in [2.75, 3.05) is 27.2 Å². The van der Waals surface area contributed by atoms with Crippen molar-refractivity contribution in [1.82, 2.24) is 19.5 Å². The minimum Gasteiger partial charge on any atom is -0.477 e. The normalized spacial score (nSPS) is 11.1. The Bertz CT molecular complexity index is 1080. The van der Waals surface area contributed by atoms with Crippen LogP contribution in [0.5, 0.6) is 5.88 Å². The van der Waals surface area contributed by atoms with Crippen molar-refractivity contribution >= 4 is 40.6 Å². The average Bonchev–Trinajstić information content (AvgIpc) is 3.09. The lowest BCUT2D eigenvalue weighted by atomic mass is 10.1. The number of halogens is 2. The van der Waals surface area contributed by atoms with E-state index in [0.29, 0.717) is 17.5 Å². The van der Waals surface area contributed by atoms with Gasteiger partial charge in [0.2, 0.25) is 5.88 Å². The number of hydrogen-bond donors (Lipinski definition) is 0. The minimum atomic E-state index is 0. The molecular formula is C21H22Cl2N4O. The van der Waals surface area contributed by atoms with Gasteiger partial charge in [0.1, 0.15) is 0 Å². The lowest BCUT2D eigenvalue weighted by Gasteiger charge is -2.12. The summed E-state index contributed by atoms with van der Waals surface area (Å²) < 4.78 is 7.92. The number of fused-ring (bicyclic) bond motifs is 3. The van der Waals surface area contributed by atoms with Gasteiger partial charge in [0.05, 0.1) is 23.7 Å². The van der Waals surface area contributed by atoms with Crippen LogP contribution < -0.4 is 4.74 Å². The molecule has 0 unspecified atom stereocenters. The molecule has 146 valence electrons. The zero-order valence-electron chi connectivity index (χ0n) is 15.8. The van der Waals surface area contributed by atoms with Gasteiger partial charge in [-0.15, -0.1) is 12.4 Å². The number of hydrogen-bond acceptors (Lipinski definition) is 4. The third kappa shape index (κ3) is 4.07. The SMILES string of the molecule is CN(C)CCCOc1nc2c(-c3ccc(Cl)cc3)cnn2c2ccccc12.Cl. The molecule has 0 radical (unpaired) electrons. The van der Waals surface area contributed by atoms with Crippen LogP contribution in [-0.2, 0) is 0 Å². The van der Waals surface area contributed by atoms with Gasteiger partial charge in [-0.3, -0.25) is 0 Å². The molecule has 28 heavy (non-hydrogen) atoms. The maximum Gasteiger partial charge on any atom is 0.225 e. The molecule has 5 nitrogen and oxygen atoms in total. The van der Waals surface area contributed by atoms with Gasteiger partial charge < -0.3 is 9.64 Å². The van der Waals surface area contributed by atoms with Crippen LogP contribution in [0.25, 0.3) is 27.7 Å². The van der Waals surface area contributed by atoms with Crippen molar-refractivity contribution in [2.24, 2.45) is 0 Å². The van der Waals surface area contributed by atoms with Crippen LogP contribution in [0.3, 0.4) is 0 Å². The summed E-state index contributed by atoms with van der Waals surface area (Å²) >= 11 is 6.03. The molecule has 0 amide bonds. The van der Waals surface area contributed by atoms with Crippen LogP contribution in [0.15, 0.2) is 54.7 Å². The number of benzene rings is 2. The number of rotatable bonds is 6. The highest BCUT2D eigenvalue weighted by Gasteiger charge is 2.15. The summed E-state index contributed by atoms with van der Waals surface area (Å²) in [6.07, 6.45) is 2.78. The minimum absolute atomic E-state index is 0. The Morgan fingerprint density at radius 1 is 1.07 bits per heavy atom. The second-order valence-electron chi connectivity index (χ2n) is 6.74. The van der Waals surface area contributed by atoms with Crippen molar-refractivity contribution in [2.45, 2.75) is 6.42 Å². The van der Waals surface area contributed by atoms with E-state index in [4.69, 9.17) is 21.3 Å². The van der Waals surface area contributed by atoms with Gasteiger partial charge in [0.15, 0.2) is 5.65 Å². The van der Waals surface area contributed by atoms with Gasteiger partial charge in [0.25, 0.3) is 0 Å². The van der Waals surface area contributed by atoms with E-state index in [9.17, 15) is 0 Å². The molecule has 4 rings (SSSR count). The fraction of sp³-hybridized carbons (Fsp3) is 0.238. The van der Waals surface area contributed by atoms with E-state index < -0.39 is 0 Å². The zero-order valence-corrected chi connectivity index (χ0v) is 17.4. The Labute approximate surface area is 175 Å². The number of para-hydroxylation sites is 1. The maximum absolute atomic E-state index is 6.06. The zero-order chi connectivity index (χ0) is 18.8. The van der Waals surface area contributed by atoms with Crippen LogP contribution in [0, 0.1) is 0 Å². The summed E-state index contributed by atoms with van der Waals surface area (Å²) in [4.78, 5) is 6.96. The van der Waals surface area contributed by atoms with Crippen molar-refractivity contribution in [3.05, 3.63) is 59.8 Å². The Balaban J connectivity index is 0.00000225. The van der Waals surface area contributed by atoms with Crippen molar-refractivity contribution < 1.29 is 4.74 Å². The van der Waals surface area contributed by atoms with E-state index in [2.05, 4.69) is 24.1 Å². The molecule has 2 heterocycles. The quantitative estimate of drug-likeness (QED) is 0.416. The largest absolute Gasteiger partial charge is 0.477 e. The molecule has 0 aliphatic heterocycles. The molecule has 0 aliphatic rings. The molecule has 2 aromatic carbocycles. The van der Waals surface area contributed by atoms with E-state index >= 15 is 0 Å². The fourth-order valence-electron chi connectivity index (χ4n) is 3.11. The second kappa shape index (κ2) is 8.78. The Kier molecular flexibility index (Phi) is 6.39. The van der Waals surface area contributed by atoms with Crippen molar-refractivity contribution in [3.8, 4) is 17.0 Å². The van der Waals surface area contributed by atoms with Gasteiger partial charge >= 0.3 is 0 Å². The van der Waals surface area contributed by atoms with Crippen LogP contribution in [0.2, 0.25) is 5.02 Å². The summed E-state index contributed by atoms with van der Waals surface area (Å²) in [5.74, 6) is 0.646. The van der Waals surface area contributed by atoms with Crippen LogP contribution in [0.4, 0.5) is 0 Å². The van der Waals surface area contributed by atoms with Crippen LogP contribution in [-0.4, -0.2) is 46.7 Å². The summed E-state index contributed by atoms with van der Waals surface area (Å²) in [5.41, 5.74) is 3.73. The molecule has 7 heteroatoms. The maximum atomic E-state index is 6.06. The highest BCUT2D eigenvalue weighted by Crippen LogP contribution is 2.31. The fourth-order valence-corrected chi connectivity index (χ4v) is 3.24. The Morgan fingerprint density at radius 3 is 2.57 bits per heavy atom. The standard InChI is InChI=1S/C21H21ClN4O.ClH/c1-25(2)12-5-13-27-21-17-6-3-4-7-19(17)26-20(24-21)18(14-23-26)15-8-10-16(22)11-9-15;/h3-4,6-11,14H,5,12-13H2,1-2H3;1H. The molecule has 0 fully saturated rings. The Hall–Kier alpha value is -2.34. The number of aromatic nitrogens is 3. The Morgan fingerprint density at radius 2 is 1.82 bits per heavy atom. The van der Waals surface area contributed by atoms with E-state index in [1.807, 2.05) is 59.2 Å². The smallest absolute Gasteiger partial charge is 0.225 e. The van der Waals surface area contributed by atoms with E-state index in [0.717, 1.165) is 40.6 Å². The first-order valence-electron chi connectivity index (χ1n) is 8.93. The molecule has 4 aromatic rings. The highest BCUT2D eigenvalue weighted by atomic mass is 35.5. The van der Waals surface area contributed by atoms with E-state index in [1.54, 1.807) is 0 Å².